The Labute approximate surface area is 160 Å². The molecule has 7 heteroatoms. The van der Waals surface area contributed by atoms with Crippen molar-refractivity contribution < 1.29 is 27.8 Å². The largest absolute Gasteiger partial charge is 0.497 e. The number of hydrogen-bond acceptors (Lipinski definition) is 3. The first-order valence-corrected chi connectivity index (χ1v) is 8.71. The number of alkyl halides is 3. The number of methoxy groups -OCH3 is 1. The van der Waals surface area contributed by atoms with E-state index < -0.39 is 29.7 Å². The van der Waals surface area contributed by atoms with Crippen molar-refractivity contribution in [1.29, 1.82) is 0 Å². The molecule has 148 valence electrons. The van der Waals surface area contributed by atoms with E-state index in [0.717, 1.165) is 11.0 Å². The second-order valence-corrected chi connectivity index (χ2v) is 6.57. The maximum Gasteiger partial charge on any atom is 0.416 e. The highest BCUT2D eigenvalue weighted by Gasteiger charge is 2.41. The van der Waals surface area contributed by atoms with Gasteiger partial charge in [0.2, 0.25) is 0 Å². The van der Waals surface area contributed by atoms with Gasteiger partial charge in [0.25, 0.3) is 5.91 Å². The van der Waals surface area contributed by atoms with Gasteiger partial charge in [-0.1, -0.05) is 24.3 Å². The summed E-state index contributed by atoms with van der Waals surface area (Å²) in [5, 5.41) is 10.7. The number of carbonyl (C=O) groups is 1. The molecule has 0 fully saturated rings. The number of carbonyl (C=O) groups excluding carboxylic acids is 1. The van der Waals surface area contributed by atoms with E-state index in [4.69, 9.17) is 4.74 Å². The fourth-order valence-corrected chi connectivity index (χ4v) is 3.56. The molecule has 2 aromatic rings. The molecule has 1 aliphatic rings. The fourth-order valence-electron chi connectivity index (χ4n) is 3.56. The Morgan fingerprint density at radius 1 is 1.25 bits per heavy atom. The van der Waals surface area contributed by atoms with Crippen LogP contribution < -0.4 is 9.64 Å². The summed E-state index contributed by atoms with van der Waals surface area (Å²) >= 11 is 0. The van der Waals surface area contributed by atoms with E-state index in [1.165, 1.54) is 25.3 Å². The van der Waals surface area contributed by atoms with Crippen molar-refractivity contribution in [2.24, 2.45) is 0 Å². The minimum Gasteiger partial charge on any atom is -0.497 e. The molecule has 1 amide bonds. The molecule has 3 rings (SSSR count). The molecule has 28 heavy (non-hydrogen) atoms. The van der Waals surface area contributed by atoms with Crippen LogP contribution in [0.2, 0.25) is 0 Å². The highest BCUT2D eigenvalue weighted by Crippen LogP contribution is 2.42. The average Bonchev–Trinajstić information content (AvgIpc) is 2.78. The number of aliphatic hydroxyl groups is 1. The van der Waals surface area contributed by atoms with Crippen LogP contribution in [-0.2, 0) is 17.4 Å². The lowest BCUT2D eigenvalue weighted by Crippen LogP contribution is -2.40. The number of benzene rings is 2. The number of amides is 1. The van der Waals surface area contributed by atoms with E-state index in [1.807, 2.05) is 0 Å². The SMILES string of the molecule is C=CCN1C(=O)[C@H](O)C(c2ccc(OC)cc2)Cc2c1cccc2C(F)(F)F. The molecule has 1 unspecified atom stereocenters. The van der Waals surface area contributed by atoms with Crippen LogP contribution in [0.15, 0.2) is 55.1 Å². The molecule has 4 nitrogen and oxygen atoms in total. The molecule has 0 aliphatic carbocycles. The first-order chi connectivity index (χ1) is 13.3. The van der Waals surface area contributed by atoms with Crippen molar-refractivity contribution in [1.82, 2.24) is 0 Å². The zero-order valence-electron chi connectivity index (χ0n) is 15.2. The number of anilines is 1. The second-order valence-electron chi connectivity index (χ2n) is 6.57. The molecule has 2 aromatic carbocycles. The number of aliphatic hydroxyl groups excluding tert-OH is 1. The fraction of sp³-hybridized carbons (Fsp3) is 0.286. The minimum absolute atomic E-state index is 0.000460. The van der Waals surface area contributed by atoms with E-state index in [1.54, 1.807) is 24.3 Å². The van der Waals surface area contributed by atoms with Crippen molar-refractivity contribution in [3.8, 4) is 5.75 Å². The van der Waals surface area contributed by atoms with Gasteiger partial charge in [0.05, 0.1) is 12.7 Å². The van der Waals surface area contributed by atoms with Crippen LogP contribution in [0.3, 0.4) is 0 Å². The van der Waals surface area contributed by atoms with Gasteiger partial charge in [0.15, 0.2) is 0 Å². The quantitative estimate of drug-likeness (QED) is 0.804. The summed E-state index contributed by atoms with van der Waals surface area (Å²) in [4.78, 5) is 14.0. The van der Waals surface area contributed by atoms with Gasteiger partial charge in [-0.25, -0.2) is 0 Å². The maximum atomic E-state index is 13.6. The Bertz CT molecular complexity index is 877. The summed E-state index contributed by atoms with van der Waals surface area (Å²) in [5.74, 6) is -0.905. The third-order valence-corrected chi connectivity index (χ3v) is 4.93. The van der Waals surface area contributed by atoms with Crippen LogP contribution in [0.1, 0.15) is 22.6 Å². The third kappa shape index (κ3) is 3.62. The van der Waals surface area contributed by atoms with Gasteiger partial charge in [-0.15, -0.1) is 6.58 Å². The second kappa shape index (κ2) is 7.67. The van der Waals surface area contributed by atoms with Crippen molar-refractivity contribution in [3.05, 3.63) is 71.8 Å². The molecule has 0 saturated carbocycles. The summed E-state index contributed by atoms with van der Waals surface area (Å²) in [6, 6.07) is 10.3. The lowest BCUT2D eigenvalue weighted by Gasteiger charge is -2.25. The van der Waals surface area contributed by atoms with Crippen LogP contribution >= 0.6 is 0 Å². The van der Waals surface area contributed by atoms with Crippen molar-refractivity contribution in [2.45, 2.75) is 24.6 Å². The molecule has 0 aromatic heterocycles. The van der Waals surface area contributed by atoms with Crippen molar-refractivity contribution >= 4 is 11.6 Å². The van der Waals surface area contributed by atoms with E-state index >= 15 is 0 Å². The topological polar surface area (TPSA) is 49.8 Å². The van der Waals surface area contributed by atoms with Crippen molar-refractivity contribution in [3.63, 3.8) is 0 Å². The number of halogens is 3. The van der Waals surface area contributed by atoms with Crippen LogP contribution in [0, 0.1) is 0 Å². The summed E-state index contributed by atoms with van der Waals surface area (Å²) in [7, 11) is 1.50. The summed E-state index contributed by atoms with van der Waals surface area (Å²) in [6.07, 6.45) is -4.77. The van der Waals surface area contributed by atoms with Crippen molar-refractivity contribution in [2.75, 3.05) is 18.6 Å². The lowest BCUT2D eigenvalue weighted by atomic mass is 9.86. The molecule has 0 radical (unpaired) electrons. The van der Waals surface area contributed by atoms with Gasteiger partial charge < -0.3 is 14.7 Å². The number of nitrogens with zero attached hydrogens (tertiary/aromatic N) is 1. The molecule has 1 aliphatic heterocycles. The number of hydrogen-bond donors (Lipinski definition) is 1. The van der Waals surface area contributed by atoms with E-state index in [-0.39, 0.29) is 24.2 Å². The Morgan fingerprint density at radius 3 is 2.50 bits per heavy atom. The Morgan fingerprint density at radius 2 is 1.93 bits per heavy atom. The monoisotopic (exact) mass is 391 g/mol. The van der Waals surface area contributed by atoms with Crippen LogP contribution in [0.25, 0.3) is 0 Å². The molecular formula is C21H20F3NO3. The molecule has 0 bridgehead atoms. The summed E-state index contributed by atoms with van der Waals surface area (Å²) in [5.41, 5.74) is -0.109. The molecule has 0 saturated heterocycles. The van der Waals surface area contributed by atoms with Gasteiger partial charge in [-0.3, -0.25) is 4.79 Å². The highest BCUT2D eigenvalue weighted by atomic mass is 19.4. The van der Waals surface area contributed by atoms with Gasteiger partial charge in [-0.2, -0.15) is 13.2 Å². The normalized spacial score (nSPS) is 19.8. The molecule has 1 heterocycles. The van der Waals surface area contributed by atoms with Gasteiger partial charge in [0, 0.05) is 18.2 Å². The summed E-state index contributed by atoms with van der Waals surface area (Å²) < 4.78 is 46.0. The zero-order chi connectivity index (χ0) is 20.5. The summed E-state index contributed by atoms with van der Waals surface area (Å²) in [6.45, 7) is 3.57. The van der Waals surface area contributed by atoms with Gasteiger partial charge in [0.1, 0.15) is 11.9 Å². The van der Waals surface area contributed by atoms with Gasteiger partial charge >= 0.3 is 6.18 Å². The average molecular weight is 391 g/mol. The van der Waals surface area contributed by atoms with Crippen LogP contribution in [0.5, 0.6) is 5.75 Å². The van der Waals surface area contributed by atoms with Crippen LogP contribution in [-0.4, -0.2) is 30.8 Å². The van der Waals surface area contributed by atoms with E-state index in [2.05, 4.69) is 6.58 Å². The molecular weight excluding hydrogens is 371 g/mol. The van der Waals surface area contributed by atoms with Gasteiger partial charge in [-0.05, 0) is 41.8 Å². The Hall–Kier alpha value is -2.80. The lowest BCUT2D eigenvalue weighted by molar-refractivity contribution is -0.138. The highest BCUT2D eigenvalue weighted by molar-refractivity contribution is 5.99. The predicted molar refractivity (Wildman–Crippen MR) is 99.4 cm³/mol. The molecule has 1 N–H and O–H groups in total. The first kappa shape index (κ1) is 19.9. The number of fused-ring (bicyclic) bond motifs is 1. The Kier molecular flexibility index (Phi) is 5.47. The zero-order valence-corrected chi connectivity index (χ0v) is 15.2. The number of ether oxygens (including phenoxy) is 1. The first-order valence-electron chi connectivity index (χ1n) is 8.71. The Balaban J connectivity index is 2.17. The third-order valence-electron chi connectivity index (χ3n) is 4.93. The molecule has 2 atom stereocenters. The van der Waals surface area contributed by atoms with E-state index in [0.29, 0.717) is 11.3 Å². The maximum absolute atomic E-state index is 13.6. The van der Waals surface area contributed by atoms with E-state index in [9.17, 15) is 23.1 Å². The smallest absolute Gasteiger partial charge is 0.416 e. The molecule has 0 spiro atoms. The predicted octanol–water partition coefficient (Wildman–Crippen LogP) is 3.93. The minimum atomic E-state index is -4.58. The standard InChI is InChI=1S/C21H20F3NO3/c1-3-11-25-18-6-4-5-17(21(22,23)24)16(18)12-15(19(26)20(25)27)13-7-9-14(28-2)10-8-13/h3-10,15,19,26H,1,11-12H2,2H3/t15?,19-/m1/s1. The van der Waals surface area contributed by atoms with Crippen LogP contribution in [0.4, 0.5) is 18.9 Å². The number of rotatable bonds is 4.